The van der Waals surface area contributed by atoms with E-state index in [1.807, 2.05) is 0 Å². The molecule has 0 aliphatic rings. The number of pyridine rings is 1. The highest BCUT2D eigenvalue weighted by molar-refractivity contribution is 6.32. The van der Waals surface area contributed by atoms with Crippen LogP contribution in [0, 0.1) is 15.5 Å². The molecule has 0 saturated carbocycles. The van der Waals surface area contributed by atoms with Crippen molar-refractivity contribution in [2.75, 3.05) is 0 Å². The minimum absolute atomic E-state index is 0.127. The van der Waals surface area contributed by atoms with Crippen molar-refractivity contribution in [3.63, 3.8) is 0 Å². The first-order chi connectivity index (χ1) is 9.47. The van der Waals surface area contributed by atoms with Gasteiger partial charge in [-0.2, -0.15) is 0 Å². The molecule has 0 fully saturated rings. The predicted octanol–water partition coefficient (Wildman–Crippen LogP) is 2.72. The van der Waals surface area contributed by atoms with Crippen LogP contribution in [0.2, 0.25) is 5.02 Å². The average Bonchev–Trinajstić information content (AvgIpc) is 2.41. The number of aromatic nitrogens is 1. The van der Waals surface area contributed by atoms with E-state index in [1.54, 1.807) is 6.07 Å². The number of nitro groups is 1. The Morgan fingerprint density at radius 2 is 2.15 bits per heavy atom. The highest BCUT2D eigenvalue weighted by atomic mass is 35.5. The summed E-state index contributed by atoms with van der Waals surface area (Å²) in [7, 11) is 0. The second-order valence-corrected chi connectivity index (χ2v) is 4.17. The molecular formula is C12H9ClN4O3. The zero-order valence-electron chi connectivity index (χ0n) is 10.0. The lowest BCUT2D eigenvalue weighted by molar-refractivity contribution is -0.384. The number of nitrogen functional groups attached to an aromatic ring is 1. The van der Waals surface area contributed by atoms with Gasteiger partial charge in [0.1, 0.15) is 17.3 Å². The number of nitrogens with two attached hydrogens (primary N) is 1. The van der Waals surface area contributed by atoms with Gasteiger partial charge in [-0.25, -0.2) is 4.98 Å². The smallest absolute Gasteiger partial charge is 0.273 e. The van der Waals surface area contributed by atoms with Crippen molar-refractivity contribution in [2.45, 2.75) is 0 Å². The molecule has 2 aromatic rings. The van der Waals surface area contributed by atoms with E-state index in [-0.39, 0.29) is 22.3 Å². The molecule has 20 heavy (non-hydrogen) atoms. The van der Waals surface area contributed by atoms with E-state index in [0.717, 1.165) is 0 Å². The van der Waals surface area contributed by atoms with E-state index in [0.29, 0.717) is 11.4 Å². The number of hydrogen-bond acceptors (Lipinski definition) is 5. The number of ether oxygens (including phenoxy) is 1. The molecular weight excluding hydrogens is 284 g/mol. The Labute approximate surface area is 118 Å². The maximum Gasteiger partial charge on any atom is 0.273 e. The molecule has 2 rings (SSSR count). The average molecular weight is 293 g/mol. The van der Waals surface area contributed by atoms with Crippen LogP contribution >= 0.6 is 11.6 Å². The van der Waals surface area contributed by atoms with Gasteiger partial charge in [0.15, 0.2) is 5.75 Å². The Morgan fingerprint density at radius 3 is 2.70 bits per heavy atom. The largest absolute Gasteiger partial charge is 0.454 e. The normalized spacial score (nSPS) is 10.1. The summed E-state index contributed by atoms with van der Waals surface area (Å²) in [4.78, 5) is 14.1. The summed E-state index contributed by atoms with van der Waals surface area (Å²) in [5.41, 5.74) is 5.46. The number of nitro benzene ring substituents is 1. The fourth-order valence-corrected chi connectivity index (χ4v) is 1.57. The Hall–Kier alpha value is -2.67. The molecule has 0 spiro atoms. The summed E-state index contributed by atoms with van der Waals surface area (Å²) in [5.74, 6) is 0.320. The first-order valence-electron chi connectivity index (χ1n) is 5.39. The van der Waals surface area contributed by atoms with Gasteiger partial charge in [0.25, 0.3) is 5.69 Å². The number of non-ortho nitro benzene ring substituents is 1. The van der Waals surface area contributed by atoms with Gasteiger partial charge in [0.05, 0.1) is 22.2 Å². The molecule has 1 aromatic heterocycles. The van der Waals surface area contributed by atoms with Gasteiger partial charge < -0.3 is 10.5 Å². The number of hydrogen-bond donors (Lipinski definition) is 2. The van der Waals surface area contributed by atoms with Gasteiger partial charge in [0.2, 0.25) is 0 Å². The molecule has 0 aliphatic heterocycles. The van der Waals surface area contributed by atoms with E-state index in [1.165, 1.54) is 30.5 Å². The second kappa shape index (κ2) is 5.54. The van der Waals surface area contributed by atoms with Crippen molar-refractivity contribution in [3.8, 4) is 11.5 Å². The number of rotatable bonds is 4. The van der Waals surface area contributed by atoms with Gasteiger partial charge in [0, 0.05) is 6.07 Å². The van der Waals surface area contributed by atoms with Crippen LogP contribution in [0.25, 0.3) is 0 Å². The van der Waals surface area contributed by atoms with E-state index in [9.17, 15) is 10.1 Å². The first-order valence-corrected chi connectivity index (χ1v) is 5.77. The Morgan fingerprint density at radius 1 is 1.40 bits per heavy atom. The van der Waals surface area contributed by atoms with Crippen LogP contribution in [-0.2, 0) is 0 Å². The van der Waals surface area contributed by atoms with Crippen LogP contribution in [-0.4, -0.2) is 15.7 Å². The third-order valence-electron chi connectivity index (χ3n) is 2.37. The molecule has 0 amide bonds. The van der Waals surface area contributed by atoms with Crippen LogP contribution in [0.1, 0.15) is 5.69 Å². The number of amidine groups is 1. The van der Waals surface area contributed by atoms with Crippen molar-refractivity contribution in [3.05, 3.63) is 57.4 Å². The minimum Gasteiger partial charge on any atom is -0.454 e. The summed E-state index contributed by atoms with van der Waals surface area (Å²) in [6.45, 7) is 0. The van der Waals surface area contributed by atoms with E-state index in [4.69, 9.17) is 27.5 Å². The molecule has 0 saturated heterocycles. The quantitative estimate of drug-likeness (QED) is 0.389. The zero-order valence-corrected chi connectivity index (χ0v) is 10.8. The third-order valence-corrected chi connectivity index (χ3v) is 2.68. The Balaban J connectivity index is 2.27. The molecule has 3 N–H and O–H groups in total. The molecule has 0 atom stereocenters. The number of nitrogens with one attached hydrogen (secondary N) is 1. The Kier molecular flexibility index (Phi) is 3.81. The maximum atomic E-state index is 10.7. The monoisotopic (exact) mass is 292 g/mol. The summed E-state index contributed by atoms with van der Waals surface area (Å²) in [6, 6.07) is 6.93. The van der Waals surface area contributed by atoms with Crippen LogP contribution in [0.5, 0.6) is 11.5 Å². The standard InChI is InChI=1S/C12H9ClN4O3/c13-9-3-1-7(17(18)19)5-11(9)20-8-2-4-10(12(14)15)16-6-8/h1-6H,(H3,14,15). The van der Waals surface area contributed by atoms with Gasteiger partial charge in [-0.3, -0.25) is 15.5 Å². The molecule has 1 heterocycles. The topological polar surface area (TPSA) is 115 Å². The van der Waals surface area contributed by atoms with Crippen molar-refractivity contribution in [1.82, 2.24) is 4.98 Å². The third kappa shape index (κ3) is 3.01. The molecule has 102 valence electrons. The molecule has 0 radical (unpaired) electrons. The van der Waals surface area contributed by atoms with Gasteiger partial charge >= 0.3 is 0 Å². The number of benzene rings is 1. The highest BCUT2D eigenvalue weighted by Gasteiger charge is 2.11. The molecule has 0 unspecified atom stereocenters. The summed E-state index contributed by atoms with van der Waals surface area (Å²) in [6.07, 6.45) is 1.35. The van der Waals surface area contributed by atoms with E-state index in [2.05, 4.69) is 4.98 Å². The molecule has 0 bridgehead atoms. The SMILES string of the molecule is N=C(N)c1ccc(Oc2cc([N+](=O)[O-])ccc2Cl)cn1. The minimum atomic E-state index is -0.541. The lowest BCUT2D eigenvalue weighted by Crippen LogP contribution is -2.12. The summed E-state index contributed by atoms with van der Waals surface area (Å²) >= 11 is 5.91. The van der Waals surface area contributed by atoms with Crippen molar-refractivity contribution >= 4 is 23.1 Å². The lowest BCUT2D eigenvalue weighted by Gasteiger charge is -2.07. The van der Waals surface area contributed by atoms with Crippen LogP contribution in [0.15, 0.2) is 36.5 Å². The van der Waals surface area contributed by atoms with Crippen molar-refractivity contribution in [2.24, 2.45) is 5.73 Å². The first kappa shape index (κ1) is 13.8. The van der Waals surface area contributed by atoms with E-state index < -0.39 is 4.92 Å². The molecule has 8 heteroatoms. The molecule has 1 aromatic carbocycles. The van der Waals surface area contributed by atoms with Crippen LogP contribution in [0.4, 0.5) is 5.69 Å². The fraction of sp³-hybridized carbons (Fsp3) is 0. The van der Waals surface area contributed by atoms with Gasteiger partial charge in [-0.05, 0) is 18.2 Å². The molecule has 7 nitrogen and oxygen atoms in total. The predicted molar refractivity (Wildman–Crippen MR) is 73.4 cm³/mol. The highest BCUT2D eigenvalue weighted by Crippen LogP contribution is 2.32. The number of halogens is 1. The summed E-state index contributed by atoms with van der Waals surface area (Å²) < 4.78 is 5.42. The van der Waals surface area contributed by atoms with Crippen LogP contribution < -0.4 is 10.5 Å². The van der Waals surface area contributed by atoms with Crippen molar-refractivity contribution in [1.29, 1.82) is 5.41 Å². The second-order valence-electron chi connectivity index (χ2n) is 3.77. The van der Waals surface area contributed by atoms with Crippen molar-refractivity contribution < 1.29 is 9.66 Å². The zero-order chi connectivity index (χ0) is 14.7. The fourth-order valence-electron chi connectivity index (χ4n) is 1.41. The van der Waals surface area contributed by atoms with Gasteiger partial charge in [-0.15, -0.1) is 0 Å². The maximum absolute atomic E-state index is 10.7. The lowest BCUT2D eigenvalue weighted by atomic mass is 10.3. The Bertz CT molecular complexity index is 673. The van der Waals surface area contributed by atoms with Gasteiger partial charge in [-0.1, -0.05) is 11.6 Å². The number of nitrogens with zero attached hydrogens (tertiary/aromatic N) is 2. The van der Waals surface area contributed by atoms with Crippen LogP contribution in [0.3, 0.4) is 0 Å². The summed E-state index contributed by atoms with van der Waals surface area (Å²) in [5, 5.41) is 18.2. The molecule has 0 aliphatic carbocycles. The van der Waals surface area contributed by atoms with E-state index >= 15 is 0 Å².